The monoisotopic (exact) mass is 160 g/mol. The van der Waals surface area contributed by atoms with Gasteiger partial charge in [0.15, 0.2) is 0 Å². The third-order valence-electron chi connectivity index (χ3n) is 1.46. The van der Waals surface area contributed by atoms with Gasteiger partial charge < -0.3 is 4.74 Å². The van der Waals surface area contributed by atoms with Crippen LogP contribution >= 0.6 is 0 Å². The molecule has 0 aliphatic rings. The molecule has 1 rings (SSSR count). The van der Waals surface area contributed by atoms with Gasteiger partial charge in [0.05, 0.1) is 12.2 Å². The molecule has 0 saturated carbocycles. The number of rotatable bonds is 2. The molecule has 0 aromatic heterocycles. The van der Waals surface area contributed by atoms with E-state index >= 15 is 0 Å². The lowest BCUT2D eigenvalue weighted by molar-refractivity contribution is 0.0528. The topological polar surface area (TPSA) is 26.3 Å². The van der Waals surface area contributed by atoms with Crippen molar-refractivity contribution < 1.29 is 9.53 Å². The molecule has 0 N–H and O–H groups in total. The molecule has 0 amide bonds. The fourth-order valence-corrected chi connectivity index (χ4v) is 0.892. The van der Waals surface area contributed by atoms with Crippen molar-refractivity contribution >= 4 is 19.3 Å². The molecule has 0 unspecified atom stereocenters. The molecule has 12 heavy (non-hydrogen) atoms. The lowest BCUT2D eigenvalue weighted by Crippen LogP contribution is -2.17. The summed E-state index contributed by atoms with van der Waals surface area (Å²) in [6, 6.07) is 6.85. The molecule has 0 saturated heterocycles. The number of ether oxygens (including phenoxy) is 1. The van der Waals surface area contributed by atoms with Crippen LogP contribution in [-0.2, 0) is 4.74 Å². The molecule has 0 bridgehead atoms. The maximum absolute atomic E-state index is 11.2. The largest absolute Gasteiger partial charge is 0.462 e. The van der Waals surface area contributed by atoms with Crippen LogP contribution in [0.2, 0.25) is 0 Å². The lowest BCUT2D eigenvalue weighted by Gasteiger charge is -2.03. The predicted molar refractivity (Wildman–Crippen MR) is 47.8 cm³/mol. The highest BCUT2D eigenvalue weighted by atomic mass is 16.5. The zero-order valence-electron chi connectivity index (χ0n) is 6.91. The first-order valence-electron chi connectivity index (χ1n) is 3.77. The maximum atomic E-state index is 11.2. The summed E-state index contributed by atoms with van der Waals surface area (Å²) in [6.45, 7) is 2.13. The Hall–Kier alpha value is -1.25. The second-order valence-corrected chi connectivity index (χ2v) is 2.31. The van der Waals surface area contributed by atoms with E-state index in [1.165, 1.54) is 0 Å². The van der Waals surface area contributed by atoms with Gasteiger partial charge in [-0.2, -0.15) is 0 Å². The van der Waals surface area contributed by atoms with E-state index in [9.17, 15) is 4.79 Å². The summed E-state index contributed by atoms with van der Waals surface area (Å²) in [7, 11) is 5.55. The molecule has 1 aromatic rings. The SMILES string of the molecule is [B]c1ccccc1C(=O)OCC. The number of carbonyl (C=O) groups is 1. The summed E-state index contributed by atoms with van der Waals surface area (Å²) in [5.41, 5.74) is 0.885. The quantitative estimate of drug-likeness (QED) is 0.469. The van der Waals surface area contributed by atoms with E-state index < -0.39 is 0 Å². The Kier molecular flexibility index (Phi) is 2.91. The van der Waals surface area contributed by atoms with Gasteiger partial charge in [-0.15, -0.1) is 0 Å². The first-order chi connectivity index (χ1) is 5.75. The van der Waals surface area contributed by atoms with E-state index in [1.807, 2.05) is 0 Å². The molecule has 60 valence electrons. The Bertz CT molecular complexity index is 284. The minimum atomic E-state index is -0.365. The second-order valence-electron chi connectivity index (χ2n) is 2.31. The summed E-state index contributed by atoms with van der Waals surface area (Å²) in [5, 5.41) is 0. The molecule has 2 nitrogen and oxygen atoms in total. The Morgan fingerprint density at radius 3 is 2.75 bits per heavy atom. The third-order valence-corrected chi connectivity index (χ3v) is 1.46. The summed E-state index contributed by atoms with van der Waals surface area (Å²) < 4.78 is 4.79. The van der Waals surface area contributed by atoms with Crippen LogP contribution in [0.25, 0.3) is 0 Å². The second kappa shape index (κ2) is 3.95. The zero-order chi connectivity index (χ0) is 8.97. The summed E-state index contributed by atoms with van der Waals surface area (Å²) >= 11 is 0. The Balaban J connectivity index is 2.87. The van der Waals surface area contributed by atoms with Crippen LogP contribution in [0.1, 0.15) is 17.3 Å². The Labute approximate surface area is 73.0 Å². The van der Waals surface area contributed by atoms with E-state index in [4.69, 9.17) is 12.6 Å². The molecular formula is C9H9BO2. The van der Waals surface area contributed by atoms with Gasteiger partial charge in [0, 0.05) is 0 Å². The number of carbonyl (C=O) groups excluding carboxylic acids is 1. The smallest absolute Gasteiger partial charge is 0.337 e. The van der Waals surface area contributed by atoms with Crippen LogP contribution < -0.4 is 5.46 Å². The van der Waals surface area contributed by atoms with Gasteiger partial charge >= 0.3 is 5.97 Å². The van der Waals surface area contributed by atoms with Gasteiger partial charge in [-0.3, -0.25) is 0 Å². The van der Waals surface area contributed by atoms with Crippen molar-refractivity contribution in [3.05, 3.63) is 29.8 Å². The number of hydrogen-bond acceptors (Lipinski definition) is 2. The maximum Gasteiger partial charge on any atom is 0.337 e. The first kappa shape index (κ1) is 8.85. The van der Waals surface area contributed by atoms with Crippen molar-refractivity contribution in [1.29, 1.82) is 0 Å². The van der Waals surface area contributed by atoms with Crippen molar-refractivity contribution in [3.8, 4) is 0 Å². The van der Waals surface area contributed by atoms with Crippen LogP contribution in [-0.4, -0.2) is 20.4 Å². The van der Waals surface area contributed by atoms with Crippen LogP contribution in [0.15, 0.2) is 24.3 Å². The highest BCUT2D eigenvalue weighted by Crippen LogP contribution is 1.97. The number of benzene rings is 1. The highest BCUT2D eigenvalue weighted by Gasteiger charge is 2.06. The van der Waals surface area contributed by atoms with E-state index in [0.29, 0.717) is 17.6 Å². The van der Waals surface area contributed by atoms with Crippen molar-refractivity contribution in [3.63, 3.8) is 0 Å². The van der Waals surface area contributed by atoms with Gasteiger partial charge in [-0.05, 0) is 13.0 Å². The average molecular weight is 160 g/mol. The molecule has 1 aromatic carbocycles. The van der Waals surface area contributed by atoms with E-state index in [2.05, 4.69) is 0 Å². The third kappa shape index (κ3) is 1.88. The average Bonchev–Trinajstić information content (AvgIpc) is 2.05. The summed E-state index contributed by atoms with van der Waals surface area (Å²) in [6.07, 6.45) is 0. The van der Waals surface area contributed by atoms with Gasteiger partial charge in [0.1, 0.15) is 7.85 Å². The molecule has 0 fully saturated rings. The Morgan fingerprint density at radius 2 is 2.17 bits per heavy atom. The van der Waals surface area contributed by atoms with Crippen LogP contribution in [0.3, 0.4) is 0 Å². The van der Waals surface area contributed by atoms with Crippen molar-refractivity contribution in [2.45, 2.75) is 6.92 Å². The molecular weight excluding hydrogens is 151 g/mol. The van der Waals surface area contributed by atoms with Gasteiger partial charge in [-0.25, -0.2) is 4.79 Å². The van der Waals surface area contributed by atoms with E-state index in [0.717, 1.165) is 0 Å². The predicted octanol–water partition coefficient (Wildman–Crippen LogP) is 0.657. The van der Waals surface area contributed by atoms with E-state index in [-0.39, 0.29) is 5.97 Å². The van der Waals surface area contributed by atoms with Crippen molar-refractivity contribution in [2.24, 2.45) is 0 Å². The minimum Gasteiger partial charge on any atom is -0.462 e. The highest BCUT2D eigenvalue weighted by molar-refractivity contribution is 6.36. The molecule has 2 radical (unpaired) electrons. The van der Waals surface area contributed by atoms with Crippen molar-refractivity contribution in [2.75, 3.05) is 6.61 Å². The fourth-order valence-electron chi connectivity index (χ4n) is 0.892. The van der Waals surface area contributed by atoms with Crippen LogP contribution in [0.5, 0.6) is 0 Å². The molecule has 3 heteroatoms. The lowest BCUT2D eigenvalue weighted by atomic mass is 9.91. The fraction of sp³-hybridized carbons (Fsp3) is 0.222. The Morgan fingerprint density at radius 1 is 1.50 bits per heavy atom. The number of esters is 1. The molecule has 0 aliphatic heterocycles. The van der Waals surface area contributed by atoms with E-state index in [1.54, 1.807) is 31.2 Å². The van der Waals surface area contributed by atoms with Crippen molar-refractivity contribution in [1.82, 2.24) is 0 Å². The minimum absolute atomic E-state index is 0.365. The molecule has 0 heterocycles. The normalized spacial score (nSPS) is 9.42. The number of hydrogen-bond donors (Lipinski definition) is 0. The standard InChI is InChI=1S/C9H9BO2/c1-2-12-9(11)7-5-3-4-6-8(7)10/h3-6H,2H2,1H3. The van der Waals surface area contributed by atoms with Gasteiger partial charge in [0.25, 0.3) is 0 Å². The van der Waals surface area contributed by atoms with Crippen LogP contribution in [0.4, 0.5) is 0 Å². The molecule has 0 atom stereocenters. The van der Waals surface area contributed by atoms with Crippen LogP contribution in [0, 0.1) is 0 Å². The first-order valence-corrected chi connectivity index (χ1v) is 3.77. The summed E-state index contributed by atoms with van der Waals surface area (Å²) in [5.74, 6) is -0.365. The molecule has 0 aliphatic carbocycles. The van der Waals surface area contributed by atoms with Gasteiger partial charge in [0.2, 0.25) is 0 Å². The van der Waals surface area contributed by atoms with Gasteiger partial charge in [-0.1, -0.05) is 23.7 Å². The zero-order valence-corrected chi connectivity index (χ0v) is 6.91. The molecule has 0 spiro atoms. The summed E-state index contributed by atoms with van der Waals surface area (Å²) in [4.78, 5) is 11.2.